The van der Waals surface area contributed by atoms with Crippen molar-refractivity contribution in [1.82, 2.24) is 0 Å². The lowest BCUT2D eigenvalue weighted by atomic mass is 10.0. The first-order valence-corrected chi connectivity index (χ1v) is 25.2. The van der Waals surface area contributed by atoms with Crippen molar-refractivity contribution >= 4 is 25.7 Å². The Hall–Kier alpha value is -2.56. The standard InChI is InChI=1S/C48H86NO10P/c1-3-5-7-9-11-13-15-17-19-20-21-22-23-24-26-27-29-31-33-35-37-39-46(50)56-41-44(42-57-60(54,55)58-43-45(49)48(52)53)59-47(51)40-38-36-34-32-30-28-25-18-16-14-12-10-8-6-4-2/h12,14,17-19,25,30,32,44-45H,3-11,13,15-16,20-24,26-29,31,33-43,49H2,1-2H3,(H,52,53)(H,54,55)/b14-12+,19-17+,25-18+,32-30+/t44-,45-/m0/s1. The van der Waals surface area contributed by atoms with Crippen LogP contribution in [-0.2, 0) is 37.5 Å². The van der Waals surface area contributed by atoms with Gasteiger partial charge in [0.15, 0.2) is 6.10 Å². The van der Waals surface area contributed by atoms with E-state index in [1.807, 2.05) is 0 Å². The Morgan fingerprint density at radius 3 is 1.40 bits per heavy atom. The number of hydrogen-bond donors (Lipinski definition) is 3. The van der Waals surface area contributed by atoms with E-state index in [1.165, 1.54) is 116 Å². The summed E-state index contributed by atoms with van der Waals surface area (Å²) in [6, 6.07) is -1.53. The molecule has 0 aromatic carbocycles. The molecule has 0 heterocycles. The zero-order chi connectivity index (χ0) is 44.2. The summed E-state index contributed by atoms with van der Waals surface area (Å²) < 4.78 is 32.7. The number of unbranched alkanes of at least 4 members (excludes halogenated alkanes) is 22. The van der Waals surface area contributed by atoms with Crippen LogP contribution in [0.15, 0.2) is 48.6 Å². The number of allylic oxidation sites excluding steroid dienone is 8. The summed E-state index contributed by atoms with van der Waals surface area (Å²) in [4.78, 5) is 46.0. The van der Waals surface area contributed by atoms with Crippen LogP contribution in [0, 0.1) is 0 Å². The zero-order valence-electron chi connectivity index (χ0n) is 37.8. The first-order valence-electron chi connectivity index (χ1n) is 23.7. The Kier molecular flexibility index (Phi) is 41.3. The third kappa shape index (κ3) is 42.1. The van der Waals surface area contributed by atoms with E-state index < -0.39 is 51.1 Å². The Bertz CT molecular complexity index is 1200. The van der Waals surface area contributed by atoms with Crippen LogP contribution in [0.5, 0.6) is 0 Å². The predicted octanol–water partition coefficient (Wildman–Crippen LogP) is 13.0. The molecule has 0 fully saturated rings. The van der Waals surface area contributed by atoms with Crippen molar-refractivity contribution in [2.45, 2.75) is 219 Å². The summed E-state index contributed by atoms with van der Waals surface area (Å²) in [7, 11) is -4.73. The molecule has 0 aliphatic carbocycles. The summed E-state index contributed by atoms with van der Waals surface area (Å²) >= 11 is 0. The number of carboxylic acids is 1. The number of esters is 2. The Morgan fingerprint density at radius 2 is 0.883 bits per heavy atom. The molecule has 0 aromatic heterocycles. The lowest BCUT2D eigenvalue weighted by Crippen LogP contribution is -2.34. The van der Waals surface area contributed by atoms with Gasteiger partial charge in [0.05, 0.1) is 13.2 Å². The number of ether oxygens (including phenoxy) is 2. The van der Waals surface area contributed by atoms with Crippen molar-refractivity contribution in [3.05, 3.63) is 48.6 Å². The van der Waals surface area contributed by atoms with E-state index in [-0.39, 0.29) is 19.4 Å². The van der Waals surface area contributed by atoms with E-state index in [4.69, 9.17) is 24.8 Å². The number of phosphoric ester groups is 1. The number of hydrogen-bond acceptors (Lipinski definition) is 9. The molecule has 0 bridgehead atoms. The zero-order valence-corrected chi connectivity index (χ0v) is 38.7. The van der Waals surface area contributed by atoms with E-state index in [2.05, 4.69) is 67.0 Å². The van der Waals surface area contributed by atoms with Gasteiger partial charge in [-0.2, -0.15) is 0 Å². The lowest BCUT2D eigenvalue weighted by Gasteiger charge is -2.20. The molecule has 11 nitrogen and oxygen atoms in total. The first-order chi connectivity index (χ1) is 29.1. The van der Waals surface area contributed by atoms with Crippen molar-refractivity contribution < 1.29 is 47.5 Å². The molecule has 0 spiro atoms. The van der Waals surface area contributed by atoms with Crippen molar-refractivity contribution in [1.29, 1.82) is 0 Å². The largest absolute Gasteiger partial charge is 0.480 e. The fraction of sp³-hybridized carbons (Fsp3) is 0.771. The second-order valence-electron chi connectivity index (χ2n) is 15.9. The summed E-state index contributed by atoms with van der Waals surface area (Å²) in [6.07, 6.45) is 48.9. The van der Waals surface area contributed by atoms with Crippen LogP contribution in [0.1, 0.15) is 206 Å². The monoisotopic (exact) mass is 868 g/mol. The van der Waals surface area contributed by atoms with E-state index >= 15 is 0 Å². The van der Waals surface area contributed by atoms with Gasteiger partial charge in [-0.05, 0) is 77.0 Å². The molecule has 0 amide bonds. The molecular weight excluding hydrogens is 781 g/mol. The van der Waals surface area contributed by atoms with E-state index in [1.54, 1.807) is 0 Å². The lowest BCUT2D eigenvalue weighted by molar-refractivity contribution is -0.161. The average Bonchev–Trinajstić information content (AvgIpc) is 3.22. The van der Waals surface area contributed by atoms with Gasteiger partial charge >= 0.3 is 25.7 Å². The number of carboxylic acid groups (broad SMARTS) is 1. The van der Waals surface area contributed by atoms with E-state index in [0.29, 0.717) is 12.8 Å². The fourth-order valence-corrected chi connectivity index (χ4v) is 7.08. The van der Waals surface area contributed by atoms with Crippen LogP contribution in [0.25, 0.3) is 0 Å². The normalized spacial score (nSPS) is 14.1. The van der Waals surface area contributed by atoms with Crippen LogP contribution in [0.4, 0.5) is 0 Å². The van der Waals surface area contributed by atoms with Gasteiger partial charge in [0, 0.05) is 12.8 Å². The molecule has 4 N–H and O–H groups in total. The summed E-state index contributed by atoms with van der Waals surface area (Å²) in [5.74, 6) is -2.43. The van der Waals surface area contributed by atoms with Gasteiger partial charge < -0.3 is 25.2 Å². The van der Waals surface area contributed by atoms with E-state index in [9.17, 15) is 23.8 Å². The van der Waals surface area contributed by atoms with Crippen molar-refractivity contribution in [3.63, 3.8) is 0 Å². The molecule has 348 valence electrons. The summed E-state index contributed by atoms with van der Waals surface area (Å²) in [6.45, 7) is 2.74. The predicted molar refractivity (Wildman–Crippen MR) is 245 cm³/mol. The number of carbonyl (C=O) groups excluding carboxylic acids is 2. The maximum Gasteiger partial charge on any atom is 0.472 e. The Morgan fingerprint density at radius 1 is 0.517 bits per heavy atom. The van der Waals surface area contributed by atoms with Crippen LogP contribution >= 0.6 is 7.82 Å². The minimum absolute atomic E-state index is 0.112. The third-order valence-electron chi connectivity index (χ3n) is 10.0. The molecule has 1 unspecified atom stereocenters. The molecule has 60 heavy (non-hydrogen) atoms. The SMILES string of the molecule is CCCCC/C=C/C/C=C/C/C=C/CCCCC(=O)O[C@@H](COC(=O)CCCCCCCCCCCCC/C=C/CCCCCCCC)COP(=O)(O)OC[C@H](N)C(=O)O. The van der Waals surface area contributed by atoms with Crippen molar-refractivity contribution in [2.24, 2.45) is 5.73 Å². The summed E-state index contributed by atoms with van der Waals surface area (Å²) in [5, 5.41) is 8.90. The van der Waals surface area contributed by atoms with Gasteiger partial charge in [0.2, 0.25) is 0 Å². The highest BCUT2D eigenvalue weighted by molar-refractivity contribution is 7.47. The number of carbonyl (C=O) groups is 3. The number of aliphatic carboxylic acids is 1. The van der Waals surface area contributed by atoms with Crippen molar-refractivity contribution in [3.8, 4) is 0 Å². The first kappa shape index (κ1) is 57.4. The summed E-state index contributed by atoms with van der Waals surface area (Å²) in [5.41, 5.74) is 5.34. The van der Waals surface area contributed by atoms with Gasteiger partial charge in [-0.15, -0.1) is 0 Å². The molecule has 0 aliphatic heterocycles. The quantitative estimate of drug-likeness (QED) is 0.0230. The molecule has 0 aliphatic rings. The number of nitrogens with two attached hydrogens (primary N) is 1. The highest BCUT2D eigenvalue weighted by Crippen LogP contribution is 2.43. The molecule has 0 aromatic rings. The van der Waals surface area contributed by atoms with Gasteiger partial charge in [-0.3, -0.25) is 23.4 Å². The highest BCUT2D eigenvalue weighted by Gasteiger charge is 2.28. The average molecular weight is 868 g/mol. The smallest absolute Gasteiger partial charge is 0.472 e. The van der Waals surface area contributed by atoms with Gasteiger partial charge in [0.1, 0.15) is 12.6 Å². The van der Waals surface area contributed by atoms with Crippen LogP contribution in [-0.4, -0.2) is 59.9 Å². The maximum atomic E-state index is 12.6. The molecule has 0 radical (unpaired) electrons. The minimum atomic E-state index is -4.73. The number of phosphoric acid groups is 1. The molecule has 3 atom stereocenters. The van der Waals surface area contributed by atoms with Gasteiger partial charge in [-0.1, -0.05) is 165 Å². The van der Waals surface area contributed by atoms with E-state index in [0.717, 1.165) is 51.4 Å². The van der Waals surface area contributed by atoms with Gasteiger partial charge in [-0.25, -0.2) is 4.57 Å². The second-order valence-corrected chi connectivity index (χ2v) is 17.3. The highest BCUT2D eigenvalue weighted by atomic mass is 31.2. The fourth-order valence-electron chi connectivity index (χ4n) is 6.30. The maximum absolute atomic E-state index is 12.6. The van der Waals surface area contributed by atoms with Crippen LogP contribution < -0.4 is 5.73 Å². The molecule has 0 rings (SSSR count). The molecule has 0 saturated heterocycles. The number of rotatable bonds is 44. The topological polar surface area (TPSA) is 172 Å². The van der Waals surface area contributed by atoms with Crippen LogP contribution in [0.3, 0.4) is 0 Å². The Labute approximate surface area is 365 Å². The Balaban J connectivity index is 4.31. The second kappa shape index (κ2) is 43.1. The van der Waals surface area contributed by atoms with Gasteiger partial charge in [0.25, 0.3) is 0 Å². The van der Waals surface area contributed by atoms with Crippen molar-refractivity contribution in [2.75, 3.05) is 19.8 Å². The molecule has 0 saturated carbocycles. The minimum Gasteiger partial charge on any atom is -0.480 e. The molecule has 12 heteroatoms. The molecular formula is C48H86NO10P. The third-order valence-corrected chi connectivity index (χ3v) is 11.0. The van der Waals surface area contributed by atoms with Crippen LogP contribution in [0.2, 0.25) is 0 Å².